The largest absolute Gasteiger partial charge is 0.330 e. The van der Waals surface area contributed by atoms with Crippen LogP contribution in [0.25, 0.3) is 0 Å². The van der Waals surface area contributed by atoms with Crippen LogP contribution < -0.4 is 5.73 Å². The highest BCUT2D eigenvalue weighted by atomic mass is 16.2. The molecule has 0 aromatic heterocycles. The number of nitrogens with zero attached hydrogens (tertiary/aromatic N) is 2. The van der Waals surface area contributed by atoms with Crippen molar-refractivity contribution >= 4 is 11.6 Å². The van der Waals surface area contributed by atoms with E-state index in [1.54, 1.807) is 5.01 Å². The highest BCUT2D eigenvalue weighted by Gasteiger charge is 2.38. The van der Waals surface area contributed by atoms with Crippen LogP contribution in [-0.4, -0.2) is 29.2 Å². The highest BCUT2D eigenvalue weighted by Crippen LogP contribution is 2.31. The second-order valence-corrected chi connectivity index (χ2v) is 5.45. The summed E-state index contributed by atoms with van der Waals surface area (Å²) < 4.78 is 0. The van der Waals surface area contributed by atoms with E-state index in [0.29, 0.717) is 12.6 Å². The molecule has 4 heteroatoms. The molecule has 1 unspecified atom stereocenters. The Balaban J connectivity index is 2.06. The van der Waals surface area contributed by atoms with Crippen LogP contribution in [0.3, 0.4) is 0 Å². The summed E-state index contributed by atoms with van der Waals surface area (Å²) in [6, 6.07) is 0.368. The van der Waals surface area contributed by atoms with Gasteiger partial charge in [-0.2, -0.15) is 5.10 Å². The lowest BCUT2D eigenvalue weighted by Gasteiger charge is -2.20. The minimum absolute atomic E-state index is 0.0223. The first-order valence-electron chi connectivity index (χ1n) is 7.38. The quantitative estimate of drug-likeness (QED) is 0.787. The summed E-state index contributed by atoms with van der Waals surface area (Å²) in [5, 5.41) is 6.44. The Bertz CT molecular complexity index is 321. The molecule has 0 aromatic carbocycles. The lowest BCUT2D eigenvalue weighted by molar-refractivity contribution is -0.134. The summed E-state index contributed by atoms with van der Waals surface area (Å²) in [5.74, 6) is 0.257. The van der Waals surface area contributed by atoms with Gasteiger partial charge in [0, 0.05) is 0 Å². The van der Waals surface area contributed by atoms with Gasteiger partial charge < -0.3 is 5.73 Å². The predicted octanol–water partition coefficient (Wildman–Crippen LogP) is 2.28. The lowest BCUT2D eigenvalue weighted by Crippen LogP contribution is -2.34. The minimum atomic E-state index is 0.0223. The molecule has 0 bridgehead atoms. The Morgan fingerprint density at radius 1 is 1.39 bits per heavy atom. The predicted molar refractivity (Wildman–Crippen MR) is 73.2 cm³/mol. The van der Waals surface area contributed by atoms with Crippen LogP contribution in [0.5, 0.6) is 0 Å². The van der Waals surface area contributed by atoms with Crippen molar-refractivity contribution in [3.05, 3.63) is 0 Å². The molecule has 102 valence electrons. The molecule has 2 N–H and O–H groups in total. The number of hydrazone groups is 1. The molecule has 1 atom stereocenters. The van der Waals surface area contributed by atoms with Gasteiger partial charge in [0.15, 0.2) is 0 Å². The van der Waals surface area contributed by atoms with E-state index >= 15 is 0 Å². The fourth-order valence-corrected chi connectivity index (χ4v) is 3.06. The van der Waals surface area contributed by atoms with Crippen LogP contribution in [0.15, 0.2) is 5.10 Å². The second kappa shape index (κ2) is 6.32. The van der Waals surface area contributed by atoms with Crippen molar-refractivity contribution in [2.45, 2.75) is 64.3 Å². The van der Waals surface area contributed by atoms with Crippen LogP contribution in [0, 0.1) is 5.92 Å². The van der Waals surface area contributed by atoms with Gasteiger partial charge in [0.05, 0.1) is 17.7 Å². The highest BCUT2D eigenvalue weighted by molar-refractivity contribution is 6.08. The van der Waals surface area contributed by atoms with Gasteiger partial charge in [-0.3, -0.25) is 4.79 Å². The van der Waals surface area contributed by atoms with Gasteiger partial charge in [0.1, 0.15) is 0 Å². The number of hydrogen-bond donors (Lipinski definition) is 1. The van der Waals surface area contributed by atoms with Crippen molar-refractivity contribution in [2.75, 3.05) is 6.54 Å². The van der Waals surface area contributed by atoms with E-state index in [1.165, 1.54) is 12.8 Å². The van der Waals surface area contributed by atoms with Crippen molar-refractivity contribution in [3.63, 3.8) is 0 Å². The average molecular weight is 251 g/mol. The van der Waals surface area contributed by atoms with Gasteiger partial charge in [-0.25, -0.2) is 5.01 Å². The molecule has 0 spiro atoms. The van der Waals surface area contributed by atoms with Crippen molar-refractivity contribution in [3.8, 4) is 0 Å². The maximum Gasteiger partial charge on any atom is 0.251 e. The Morgan fingerprint density at radius 2 is 2.11 bits per heavy atom. The minimum Gasteiger partial charge on any atom is -0.330 e. The maximum absolute atomic E-state index is 12.5. The Hall–Kier alpha value is -0.900. The number of rotatable bonds is 6. The molecule has 18 heavy (non-hydrogen) atoms. The SMILES string of the molecule is CCCC1=NN(C2CCCC2)C(=O)C1CCCN. The smallest absolute Gasteiger partial charge is 0.251 e. The van der Waals surface area contributed by atoms with E-state index in [4.69, 9.17) is 5.73 Å². The Morgan fingerprint density at radius 3 is 2.72 bits per heavy atom. The van der Waals surface area contributed by atoms with Crippen molar-refractivity contribution < 1.29 is 4.79 Å². The standard InChI is InChI=1S/C14H25N3O/c1-2-6-13-12(9-5-10-15)14(18)17(16-13)11-7-3-4-8-11/h11-12H,2-10,15H2,1H3. The Kier molecular flexibility index (Phi) is 4.75. The number of carbonyl (C=O) groups excluding carboxylic acids is 1. The van der Waals surface area contributed by atoms with Gasteiger partial charge in [0.25, 0.3) is 5.91 Å². The van der Waals surface area contributed by atoms with Gasteiger partial charge in [0.2, 0.25) is 0 Å². The normalized spacial score (nSPS) is 25.0. The zero-order chi connectivity index (χ0) is 13.0. The van der Waals surface area contributed by atoms with Crippen molar-refractivity contribution in [1.29, 1.82) is 0 Å². The van der Waals surface area contributed by atoms with Gasteiger partial charge in [-0.15, -0.1) is 0 Å². The summed E-state index contributed by atoms with van der Waals surface area (Å²) in [6.45, 7) is 2.80. The van der Waals surface area contributed by atoms with E-state index in [-0.39, 0.29) is 11.8 Å². The zero-order valence-electron chi connectivity index (χ0n) is 11.4. The first-order valence-corrected chi connectivity index (χ1v) is 7.38. The first kappa shape index (κ1) is 13.5. The zero-order valence-corrected chi connectivity index (χ0v) is 11.4. The molecule has 4 nitrogen and oxygen atoms in total. The fourth-order valence-electron chi connectivity index (χ4n) is 3.06. The monoisotopic (exact) mass is 251 g/mol. The van der Waals surface area contributed by atoms with E-state index in [0.717, 1.165) is 44.2 Å². The topological polar surface area (TPSA) is 58.7 Å². The number of hydrogen-bond acceptors (Lipinski definition) is 3. The van der Waals surface area contributed by atoms with Crippen LogP contribution in [0.1, 0.15) is 58.3 Å². The maximum atomic E-state index is 12.5. The van der Waals surface area contributed by atoms with Crippen LogP contribution in [-0.2, 0) is 4.79 Å². The van der Waals surface area contributed by atoms with E-state index in [1.807, 2.05) is 0 Å². The molecular formula is C14H25N3O. The third-order valence-electron chi connectivity index (χ3n) is 4.04. The fraction of sp³-hybridized carbons (Fsp3) is 0.857. The van der Waals surface area contributed by atoms with E-state index in [9.17, 15) is 4.79 Å². The molecule has 0 aromatic rings. The molecular weight excluding hydrogens is 226 g/mol. The van der Waals surface area contributed by atoms with Crippen LogP contribution in [0.2, 0.25) is 0 Å². The number of amides is 1. The summed E-state index contributed by atoms with van der Waals surface area (Å²) >= 11 is 0. The van der Waals surface area contributed by atoms with Gasteiger partial charge in [-0.05, 0) is 38.6 Å². The second-order valence-electron chi connectivity index (χ2n) is 5.45. The molecule has 1 fully saturated rings. The molecule has 1 aliphatic carbocycles. The van der Waals surface area contributed by atoms with Crippen molar-refractivity contribution in [1.82, 2.24) is 5.01 Å². The molecule has 1 saturated carbocycles. The summed E-state index contributed by atoms with van der Waals surface area (Å²) in [4.78, 5) is 12.5. The molecule has 1 amide bonds. The van der Waals surface area contributed by atoms with Gasteiger partial charge in [-0.1, -0.05) is 26.2 Å². The molecule has 2 rings (SSSR count). The van der Waals surface area contributed by atoms with Crippen molar-refractivity contribution in [2.24, 2.45) is 16.8 Å². The van der Waals surface area contributed by atoms with E-state index in [2.05, 4.69) is 12.0 Å². The van der Waals surface area contributed by atoms with Crippen LogP contribution in [0.4, 0.5) is 0 Å². The van der Waals surface area contributed by atoms with E-state index < -0.39 is 0 Å². The third-order valence-corrected chi connectivity index (χ3v) is 4.04. The third kappa shape index (κ3) is 2.74. The molecule has 2 aliphatic rings. The average Bonchev–Trinajstić information content (AvgIpc) is 2.97. The Labute approximate surface area is 110 Å². The summed E-state index contributed by atoms with van der Waals surface area (Å²) in [5.41, 5.74) is 6.66. The molecule has 0 radical (unpaired) electrons. The molecule has 1 heterocycles. The lowest BCUT2D eigenvalue weighted by atomic mass is 9.94. The number of nitrogens with two attached hydrogens (primary N) is 1. The summed E-state index contributed by atoms with van der Waals surface area (Å²) in [6.07, 6.45) is 8.51. The summed E-state index contributed by atoms with van der Waals surface area (Å²) in [7, 11) is 0. The molecule has 0 saturated heterocycles. The number of carbonyl (C=O) groups is 1. The molecule has 1 aliphatic heterocycles. The van der Waals surface area contributed by atoms with Crippen LogP contribution >= 0.6 is 0 Å². The first-order chi connectivity index (χ1) is 8.77. The van der Waals surface area contributed by atoms with Gasteiger partial charge >= 0.3 is 0 Å².